The molecule has 1 aliphatic rings. The van der Waals surface area contributed by atoms with Crippen LogP contribution < -0.4 is 0 Å². The molecule has 0 radical (unpaired) electrons. The Morgan fingerprint density at radius 1 is 1.11 bits per heavy atom. The van der Waals surface area contributed by atoms with Gasteiger partial charge in [0.1, 0.15) is 0 Å². The van der Waals surface area contributed by atoms with Crippen molar-refractivity contribution < 1.29 is 45.5 Å². The fourth-order valence-corrected chi connectivity index (χ4v) is 2.45. The minimum atomic E-state index is -4.94. The topological polar surface area (TPSA) is 60.4 Å². The summed E-state index contributed by atoms with van der Waals surface area (Å²) in [5.41, 5.74) is 1.92. The number of hydrogen-bond donors (Lipinski definition) is 0. The van der Waals surface area contributed by atoms with Crippen LogP contribution in [-0.4, -0.2) is 36.5 Å². The Balaban J connectivity index is 0.000000345. The summed E-state index contributed by atoms with van der Waals surface area (Å²) >= 11 is 0. The van der Waals surface area contributed by atoms with Gasteiger partial charge in [0.05, 0.1) is 12.5 Å². The van der Waals surface area contributed by atoms with Crippen LogP contribution in [0.3, 0.4) is 0 Å². The number of halogens is 6. The van der Waals surface area contributed by atoms with E-state index in [4.69, 9.17) is 0 Å². The monoisotopic (exact) mass is 398 g/mol. The van der Waals surface area contributed by atoms with Gasteiger partial charge in [0.2, 0.25) is 5.78 Å². The lowest BCUT2D eigenvalue weighted by molar-refractivity contribution is -0.199. The van der Waals surface area contributed by atoms with Crippen molar-refractivity contribution in [3.8, 4) is 0 Å². The van der Waals surface area contributed by atoms with E-state index in [0.29, 0.717) is 6.42 Å². The molecule has 1 aromatic rings. The molecule has 1 aliphatic carbocycles. The van der Waals surface area contributed by atoms with Crippen LogP contribution in [0.5, 0.6) is 0 Å². The van der Waals surface area contributed by atoms with Crippen LogP contribution in [0.25, 0.3) is 0 Å². The Hall–Kier alpha value is -2.39. The molecular formula is C17H16F6O4. The molecule has 0 heterocycles. The molecule has 0 N–H and O–H groups in total. The van der Waals surface area contributed by atoms with Crippen molar-refractivity contribution in [2.24, 2.45) is 5.92 Å². The highest BCUT2D eigenvalue weighted by Crippen LogP contribution is 2.31. The van der Waals surface area contributed by atoms with E-state index in [1.807, 2.05) is 6.92 Å². The third-order valence-electron chi connectivity index (χ3n) is 3.65. The molecule has 0 bridgehead atoms. The van der Waals surface area contributed by atoms with Gasteiger partial charge in [-0.05, 0) is 32.3 Å². The summed E-state index contributed by atoms with van der Waals surface area (Å²) in [5, 5.41) is 0. The zero-order valence-electron chi connectivity index (χ0n) is 14.3. The number of benzene rings is 1. The third-order valence-corrected chi connectivity index (χ3v) is 3.65. The van der Waals surface area contributed by atoms with E-state index in [9.17, 15) is 40.7 Å². The predicted molar refractivity (Wildman–Crippen MR) is 81.1 cm³/mol. The number of alkyl halides is 6. The summed E-state index contributed by atoms with van der Waals surface area (Å²) in [6.45, 7) is 2.90. The average molecular weight is 398 g/mol. The average Bonchev–Trinajstić information content (AvgIpc) is 2.53. The Labute approximate surface area is 150 Å². The molecule has 0 spiro atoms. The van der Waals surface area contributed by atoms with Crippen LogP contribution >= 0.6 is 0 Å². The van der Waals surface area contributed by atoms with E-state index in [1.165, 1.54) is 13.0 Å². The van der Waals surface area contributed by atoms with Gasteiger partial charge in [-0.15, -0.1) is 0 Å². The maximum Gasteiger partial charge on any atom is 0.490 e. The lowest BCUT2D eigenvalue weighted by Crippen LogP contribution is -2.38. The lowest BCUT2D eigenvalue weighted by atomic mass is 9.80. The smallest absolute Gasteiger partial charge is 0.459 e. The Kier molecular flexibility index (Phi) is 7.16. The van der Waals surface area contributed by atoms with Gasteiger partial charge in [0, 0.05) is 5.56 Å². The zero-order chi connectivity index (χ0) is 21.0. The van der Waals surface area contributed by atoms with Crippen LogP contribution in [0.15, 0.2) is 18.2 Å². The Morgan fingerprint density at radius 3 is 2.15 bits per heavy atom. The second-order valence-corrected chi connectivity index (χ2v) is 5.70. The molecular weight excluding hydrogens is 382 g/mol. The fourth-order valence-electron chi connectivity index (χ4n) is 2.45. The van der Waals surface area contributed by atoms with Crippen molar-refractivity contribution in [3.05, 3.63) is 34.9 Å². The van der Waals surface area contributed by atoms with E-state index in [1.54, 1.807) is 12.1 Å². The second kappa shape index (κ2) is 8.53. The van der Waals surface area contributed by atoms with Crippen LogP contribution in [-0.2, 0) is 20.7 Å². The Morgan fingerprint density at radius 2 is 1.70 bits per heavy atom. The quantitative estimate of drug-likeness (QED) is 0.430. The van der Waals surface area contributed by atoms with Crippen LogP contribution in [0, 0.1) is 12.8 Å². The molecule has 0 aliphatic heterocycles. The molecule has 27 heavy (non-hydrogen) atoms. The summed E-state index contributed by atoms with van der Waals surface area (Å²) < 4.78 is 74.2. The molecule has 1 unspecified atom stereocenters. The number of hydrogen-bond acceptors (Lipinski definition) is 4. The number of ketones is 2. The van der Waals surface area contributed by atoms with Gasteiger partial charge in [-0.3, -0.25) is 9.59 Å². The van der Waals surface area contributed by atoms with E-state index < -0.39 is 35.8 Å². The highest BCUT2D eigenvalue weighted by atomic mass is 19.4. The highest BCUT2D eigenvalue weighted by Gasteiger charge is 2.47. The highest BCUT2D eigenvalue weighted by molar-refractivity contribution is 6.13. The normalized spacial score (nSPS) is 16.7. The van der Waals surface area contributed by atoms with Gasteiger partial charge < -0.3 is 4.74 Å². The molecule has 4 nitrogen and oxygen atoms in total. The molecule has 0 saturated heterocycles. The largest absolute Gasteiger partial charge is 0.490 e. The predicted octanol–water partition coefficient (Wildman–Crippen LogP) is 3.98. The summed E-state index contributed by atoms with van der Waals surface area (Å²) in [7, 11) is 0. The number of carbonyl (C=O) groups is 3. The first-order valence-corrected chi connectivity index (χ1v) is 7.77. The first-order chi connectivity index (χ1) is 12.3. The SMILES string of the molecule is CCOC(=O)C(F)(F)F.Cc1ccc2c(c1)CCC(C(=O)C(F)(F)F)C2=O. The first-order valence-electron chi connectivity index (χ1n) is 7.77. The number of esters is 1. The maximum atomic E-state index is 12.3. The van der Waals surface area contributed by atoms with Crippen molar-refractivity contribution in [3.63, 3.8) is 0 Å². The van der Waals surface area contributed by atoms with Gasteiger partial charge in [0.25, 0.3) is 0 Å². The van der Waals surface area contributed by atoms with Crippen molar-refractivity contribution in [2.75, 3.05) is 6.61 Å². The van der Waals surface area contributed by atoms with Crippen molar-refractivity contribution >= 4 is 17.5 Å². The minimum absolute atomic E-state index is 0.0619. The minimum Gasteiger partial charge on any atom is -0.459 e. The van der Waals surface area contributed by atoms with Gasteiger partial charge in [-0.2, -0.15) is 26.3 Å². The van der Waals surface area contributed by atoms with Crippen LogP contribution in [0.1, 0.15) is 34.8 Å². The molecule has 150 valence electrons. The van der Waals surface area contributed by atoms with Crippen molar-refractivity contribution in [1.29, 1.82) is 0 Å². The third kappa shape index (κ3) is 6.07. The number of ether oxygens (including phenoxy) is 1. The van der Waals surface area contributed by atoms with E-state index >= 15 is 0 Å². The van der Waals surface area contributed by atoms with Gasteiger partial charge in [-0.1, -0.05) is 23.8 Å². The second-order valence-electron chi connectivity index (χ2n) is 5.70. The number of fused-ring (bicyclic) bond motifs is 1. The van der Waals surface area contributed by atoms with Gasteiger partial charge in [0.15, 0.2) is 5.78 Å². The number of aryl methyl sites for hydroxylation is 2. The molecule has 0 amide bonds. The fraction of sp³-hybridized carbons (Fsp3) is 0.471. The summed E-state index contributed by atoms with van der Waals surface area (Å²) in [5.74, 6) is -6.34. The summed E-state index contributed by atoms with van der Waals surface area (Å²) in [6, 6.07) is 4.95. The van der Waals surface area contributed by atoms with E-state index in [2.05, 4.69) is 4.74 Å². The first kappa shape index (κ1) is 22.7. The molecule has 0 saturated carbocycles. The molecule has 0 aromatic heterocycles. The lowest BCUT2D eigenvalue weighted by Gasteiger charge is -2.23. The Bertz CT molecular complexity index is 721. The van der Waals surface area contributed by atoms with Crippen LogP contribution in [0.2, 0.25) is 0 Å². The number of rotatable bonds is 2. The van der Waals surface area contributed by atoms with Gasteiger partial charge in [-0.25, -0.2) is 4.79 Å². The summed E-state index contributed by atoms with van der Waals surface area (Å²) in [6.07, 6.45) is -9.53. The zero-order valence-corrected chi connectivity index (χ0v) is 14.3. The van der Waals surface area contributed by atoms with Gasteiger partial charge >= 0.3 is 18.3 Å². The molecule has 1 atom stereocenters. The number of Topliss-reactive ketones (excluding diaryl/α,β-unsaturated/α-hetero) is 2. The molecule has 2 rings (SSSR count). The maximum absolute atomic E-state index is 12.3. The molecule has 1 aromatic carbocycles. The molecule has 10 heteroatoms. The summed E-state index contributed by atoms with van der Waals surface area (Å²) in [4.78, 5) is 32.8. The van der Waals surface area contributed by atoms with Crippen molar-refractivity contribution in [1.82, 2.24) is 0 Å². The standard InChI is InChI=1S/C13H11F3O2.C4H5F3O2/c1-7-2-4-9-8(6-7)3-5-10(11(9)17)12(18)13(14,15)16;1-2-9-3(8)4(5,6)7/h2,4,6,10H,3,5H2,1H3;2H2,1H3. The molecule has 0 fully saturated rings. The van der Waals surface area contributed by atoms with E-state index in [-0.39, 0.29) is 18.6 Å². The van der Waals surface area contributed by atoms with E-state index in [0.717, 1.165) is 11.1 Å². The van der Waals surface area contributed by atoms with Crippen LogP contribution in [0.4, 0.5) is 26.3 Å². The number of carbonyl (C=O) groups excluding carboxylic acids is 3. The van der Waals surface area contributed by atoms with Crippen molar-refractivity contribution in [2.45, 2.75) is 39.0 Å².